The predicted molar refractivity (Wildman–Crippen MR) is 114 cm³/mol. The van der Waals surface area contributed by atoms with Crippen molar-refractivity contribution in [3.63, 3.8) is 0 Å². The summed E-state index contributed by atoms with van der Waals surface area (Å²) in [6.07, 6.45) is 7.10. The normalized spacial score (nSPS) is 37.7. The summed E-state index contributed by atoms with van der Waals surface area (Å²) in [5.74, 6) is -0.187. The Morgan fingerprint density at radius 3 is 2.60 bits per heavy atom. The van der Waals surface area contributed by atoms with Crippen LogP contribution in [0.5, 0.6) is 0 Å². The van der Waals surface area contributed by atoms with E-state index in [9.17, 15) is 20.1 Å². The molecule has 2 aliphatic heterocycles. The Bertz CT molecular complexity index is 737. The van der Waals surface area contributed by atoms with Gasteiger partial charge in [-0.05, 0) is 50.3 Å². The number of nitrogens with zero attached hydrogens (tertiary/aromatic N) is 1. The van der Waals surface area contributed by atoms with Crippen LogP contribution in [0, 0.1) is 5.92 Å². The molecule has 1 saturated carbocycles. The minimum Gasteiger partial charge on any atom is -0.512 e. The van der Waals surface area contributed by atoms with Crippen LogP contribution in [0.1, 0.15) is 64.7 Å². The average molecular weight is 421 g/mol. The molecule has 2 saturated heterocycles. The Kier molecular flexibility index (Phi) is 6.39. The van der Waals surface area contributed by atoms with Crippen LogP contribution < -0.4 is 16.2 Å². The van der Waals surface area contributed by atoms with Crippen molar-refractivity contribution in [1.82, 2.24) is 21.1 Å². The Balaban J connectivity index is 1.61. The van der Waals surface area contributed by atoms with Crippen LogP contribution in [0.3, 0.4) is 0 Å². The molecule has 0 aromatic rings. The molecule has 4 rings (SSSR count). The molecule has 0 spiro atoms. The van der Waals surface area contributed by atoms with Gasteiger partial charge in [0, 0.05) is 30.5 Å². The topological polar surface area (TPSA) is 117 Å². The fourth-order valence-electron chi connectivity index (χ4n) is 6.06. The van der Waals surface area contributed by atoms with E-state index in [0.29, 0.717) is 24.9 Å². The standard InChI is InChI=1S/C22H36N4O4/c1-3-12-10-13(18(28)11-17(12)27)21-20(15(24-25-21)8-9-19(29)30)22-23-14-6-4-5-7-16(14)26(22)2/h14-16,20-25,27-28H,3-11H2,1-2H3,(H,29,30). The van der Waals surface area contributed by atoms with Crippen LogP contribution in [0.2, 0.25) is 0 Å². The van der Waals surface area contributed by atoms with E-state index < -0.39 is 5.97 Å². The number of rotatable bonds is 6. The van der Waals surface area contributed by atoms with Crippen LogP contribution in [0.15, 0.2) is 22.7 Å². The lowest BCUT2D eigenvalue weighted by atomic mass is 9.79. The molecule has 4 aliphatic rings. The third-order valence-electron chi connectivity index (χ3n) is 7.70. The average Bonchev–Trinajstić information content (AvgIpc) is 3.27. The first-order valence-corrected chi connectivity index (χ1v) is 11.4. The van der Waals surface area contributed by atoms with Crippen molar-refractivity contribution in [2.75, 3.05) is 7.05 Å². The number of aliphatic hydroxyl groups is 2. The lowest BCUT2D eigenvalue weighted by molar-refractivity contribution is -0.137. The maximum atomic E-state index is 11.2. The van der Waals surface area contributed by atoms with Crippen molar-refractivity contribution in [1.29, 1.82) is 0 Å². The number of hydrogen-bond acceptors (Lipinski definition) is 7. The smallest absolute Gasteiger partial charge is 0.303 e. The number of carbonyl (C=O) groups is 1. The first kappa shape index (κ1) is 21.6. The molecule has 2 heterocycles. The van der Waals surface area contributed by atoms with E-state index in [1.807, 2.05) is 6.92 Å². The van der Waals surface area contributed by atoms with Gasteiger partial charge < -0.3 is 15.3 Å². The highest BCUT2D eigenvalue weighted by Crippen LogP contribution is 2.40. The number of carboxylic acid groups (broad SMARTS) is 1. The van der Waals surface area contributed by atoms with Crippen LogP contribution in [-0.4, -0.2) is 63.6 Å². The summed E-state index contributed by atoms with van der Waals surface area (Å²) >= 11 is 0. The zero-order valence-electron chi connectivity index (χ0n) is 18.0. The number of carboxylic acids is 1. The monoisotopic (exact) mass is 420 g/mol. The number of nitrogens with one attached hydrogen (secondary N) is 3. The molecular formula is C22H36N4O4. The van der Waals surface area contributed by atoms with Crippen LogP contribution in [-0.2, 0) is 4.79 Å². The van der Waals surface area contributed by atoms with E-state index in [1.54, 1.807) is 0 Å². The number of aliphatic carboxylic acids is 1. The van der Waals surface area contributed by atoms with Crippen LogP contribution in [0.4, 0.5) is 0 Å². The molecule has 0 bridgehead atoms. The fraction of sp³-hybridized carbons (Fsp3) is 0.773. The van der Waals surface area contributed by atoms with Crippen molar-refractivity contribution >= 4 is 5.97 Å². The number of hydrogen-bond donors (Lipinski definition) is 6. The summed E-state index contributed by atoms with van der Waals surface area (Å²) in [5.41, 5.74) is 8.63. The molecular weight excluding hydrogens is 384 g/mol. The highest BCUT2D eigenvalue weighted by atomic mass is 16.4. The van der Waals surface area contributed by atoms with Gasteiger partial charge in [-0.1, -0.05) is 19.8 Å². The van der Waals surface area contributed by atoms with Gasteiger partial charge in [0.25, 0.3) is 0 Å². The third-order valence-corrected chi connectivity index (χ3v) is 7.70. The number of allylic oxidation sites excluding steroid dienone is 1. The van der Waals surface area contributed by atoms with E-state index in [2.05, 4.69) is 28.1 Å². The van der Waals surface area contributed by atoms with E-state index in [4.69, 9.17) is 0 Å². The quantitative estimate of drug-likeness (QED) is 0.388. The predicted octanol–water partition coefficient (Wildman–Crippen LogP) is 2.31. The third kappa shape index (κ3) is 3.98. The van der Waals surface area contributed by atoms with E-state index in [0.717, 1.165) is 17.6 Å². The SMILES string of the molecule is CCC1=C(O)CC(O)=C(C2NNC(CCC(=O)O)C2C2NC3CCCCC3N2C)C1. The largest absolute Gasteiger partial charge is 0.512 e. The van der Waals surface area contributed by atoms with Gasteiger partial charge in [-0.15, -0.1) is 0 Å². The molecule has 8 heteroatoms. The van der Waals surface area contributed by atoms with E-state index in [-0.39, 0.29) is 48.5 Å². The summed E-state index contributed by atoms with van der Waals surface area (Å²) in [5, 5.41) is 34.1. The highest BCUT2D eigenvalue weighted by molar-refractivity contribution is 5.66. The van der Waals surface area contributed by atoms with Gasteiger partial charge in [0.05, 0.1) is 24.4 Å². The minimum atomic E-state index is -0.791. The van der Waals surface area contributed by atoms with Gasteiger partial charge in [-0.2, -0.15) is 0 Å². The highest BCUT2D eigenvalue weighted by Gasteiger charge is 2.50. The van der Waals surface area contributed by atoms with Gasteiger partial charge in [0.1, 0.15) is 5.76 Å². The lowest BCUT2D eigenvalue weighted by Gasteiger charge is -2.36. The van der Waals surface area contributed by atoms with Gasteiger partial charge >= 0.3 is 5.97 Å². The van der Waals surface area contributed by atoms with Gasteiger partial charge in [-0.25, -0.2) is 5.43 Å². The Morgan fingerprint density at radius 1 is 1.13 bits per heavy atom. The fourth-order valence-corrected chi connectivity index (χ4v) is 6.06. The van der Waals surface area contributed by atoms with Gasteiger partial charge in [-0.3, -0.25) is 20.4 Å². The molecule has 2 aliphatic carbocycles. The minimum absolute atomic E-state index is 0.0175. The second-order valence-corrected chi connectivity index (χ2v) is 9.35. The van der Waals surface area contributed by atoms with Crippen LogP contribution in [0.25, 0.3) is 0 Å². The van der Waals surface area contributed by atoms with Crippen molar-refractivity contribution in [3.8, 4) is 0 Å². The van der Waals surface area contributed by atoms with Crippen LogP contribution >= 0.6 is 0 Å². The van der Waals surface area contributed by atoms with Crippen molar-refractivity contribution in [2.45, 2.75) is 95.0 Å². The summed E-state index contributed by atoms with van der Waals surface area (Å²) < 4.78 is 0. The second kappa shape index (κ2) is 8.86. The number of likely N-dealkylation sites (N-methyl/N-ethyl adjacent to an activating group) is 1. The van der Waals surface area contributed by atoms with Gasteiger partial charge in [0.15, 0.2) is 0 Å². The van der Waals surface area contributed by atoms with Crippen molar-refractivity contribution in [3.05, 3.63) is 22.7 Å². The molecule has 6 N–H and O–H groups in total. The summed E-state index contributed by atoms with van der Waals surface area (Å²) in [7, 11) is 2.18. The molecule has 6 atom stereocenters. The van der Waals surface area contributed by atoms with Crippen molar-refractivity contribution in [2.24, 2.45) is 5.92 Å². The maximum absolute atomic E-state index is 11.2. The maximum Gasteiger partial charge on any atom is 0.303 e. The Labute approximate surface area is 178 Å². The Morgan fingerprint density at radius 2 is 1.90 bits per heavy atom. The lowest BCUT2D eigenvalue weighted by Crippen LogP contribution is -2.50. The zero-order chi connectivity index (χ0) is 21.4. The molecule has 0 aromatic heterocycles. The molecule has 168 valence electrons. The molecule has 6 unspecified atom stereocenters. The summed E-state index contributed by atoms with van der Waals surface area (Å²) in [4.78, 5) is 13.7. The number of hydrazine groups is 1. The molecule has 3 fully saturated rings. The summed E-state index contributed by atoms with van der Waals surface area (Å²) in [6, 6.07) is 0.850. The zero-order valence-corrected chi connectivity index (χ0v) is 18.0. The molecule has 0 radical (unpaired) electrons. The number of fused-ring (bicyclic) bond motifs is 1. The first-order valence-electron chi connectivity index (χ1n) is 11.4. The summed E-state index contributed by atoms with van der Waals surface area (Å²) in [6.45, 7) is 2.02. The van der Waals surface area contributed by atoms with Gasteiger partial charge in [0.2, 0.25) is 0 Å². The van der Waals surface area contributed by atoms with E-state index in [1.165, 1.54) is 25.7 Å². The second-order valence-electron chi connectivity index (χ2n) is 9.35. The number of aliphatic hydroxyl groups excluding tert-OH is 2. The molecule has 0 amide bonds. The Hall–Kier alpha value is -1.61. The van der Waals surface area contributed by atoms with E-state index >= 15 is 0 Å². The van der Waals surface area contributed by atoms with Crippen molar-refractivity contribution < 1.29 is 20.1 Å². The molecule has 30 heavy (non-hydrogen) atoms. The molecule has 0 aromatic carbocycles. The first-order chi connectivity index (χ1) is 14.4. The molecule has 8 nitrogen and oxygen atoms in total.